The smallest absolute Gasteiger partial charge is 0.311 e. The third-order valence-corrected chi connectivity index (χ3v) is 3.00. The van der Waals surface area contributed by atoms with Gasteiger partial charge in [0.25, 0.3) is 0 Å². The van der Waals surface area contributed by atoms with Crippen LogP contribution in [0, 0.1) is 10.1 Å². The van der Waals surface area contributed by atoms with E-state index >= 15 is 0 Å². The highest BCUT2D eigenvalue weighted by molar-refractivity contribution is 5.51. The van der Waals surface area contributed by atoms with Crippen LogP contribution in [0.4, 0.5) is 5.69 Å². The van der Waals surface area contributed by atoms with Crippen LogP contribution in [0.1, 0.15) is 24.2 Å². The number of nitro benzene ring substituents is 1. The summed E-state index contributed by atoms with van der Waals surface area (Å²) in [5, 5.41) is 29.5. The zero-order chi connectivity index (χ0) is 15.4. The van der Waals surface area contributed by atoms with E-state index in [9.17, 15) is 15.2 Å². The largest absolute Gasteiger partial charge is 0.450 e. The number of hydrogen-bond acceptors (Lipinski definition) is 5. The minimum atomic E-state index is -0.790. The molecule has 0 heterocycles. The molecule has 0 aromatic heterocycles. The molecule has 2 rings (SSSR count). The van der Waals surface area contributed by atoms with Crippen LogP contribution >= 0.6 is 0 Å². The Morgan fingerprint density at radius 1 is 1.24 bits per heavy atom. The van der Waals surface area contributed by atoms with Crippen molar-refractivity contribution in [1.82, 2.24) is 0 Å². The van der Waals surface area contributed by atoms with Crippen LogP contribution in [0.2, 0.25) is 0 Å². The molecule has 110 valence electrons. The van der Waals surface area contributed by atoms with Crippen molar-refractivity contribution in [1.29, 1.82) is 0 Å². The first kappa shape index (κ1) is 15.0. The number of aliphatic hydroxyl groups excluding tert-OH is 2. The van der Waals surface area contributed by atoms with Crippen LogP contribution in [0.5, 0.6) is 11.5 Å². The number of benzene rings is 2. The van der Waals surface area contributed by atoms with Gasteiger partial charge in [-0.25, -0.2) is 0 Å². The molecule has 0 fully saturated rings. The fraction of sp³-hybridized carbons (Fsp3) is 0.200. The van der Waals surface area contributed by atoms with E-state index in [0.717, 1.165) is 5.56 Å². The molecule has 0 aliphatic heterocycles. The molecule has 1 unspecified atom stereocenters. The average molecular weight is 289 g/mol. The average Bonchev–Trinajstić information content (AvgIpc) is 2.48. The van der Waals surface area contributed by atoms with Crippen molar-refractivity contribution in [3.05, 3.63) is 63.7 Å². The molecular formula is C15H15NO5. The normalized spacial score (nSPS) is 12.0. The van der Waals surface area contributed by atoms with Gasteiger partial charge in [0.1, 0.15) is 5.75 Å². The second-order valence-corrected chi connectivity index (χ2v) is 4.56. The topological polar surface area (TPSA) is 92.8 Å². The van der Waals surface area contributed by atoms with E-state index in [2.05, 4.69) is 0 Å². The van der Waals surface area contributed by atoms with Gasteiger partial charge >= 0.3 is 5.69 Å². The van der Waals surface area contributed by atoms with Gasteiger partial charge in [-0.05, 0) is 36.2 Å². The highest BCUT2D eigenvalue weighted by Crippen LogP contribution is 2.33. The van der Waals surface area contributed by atoms with Crippen molar-refractivity contribution < 1.29 is 19.9 Å². The summed E-state index contributed by atoms with van der Waals surface area (Å²) in [5.74, 6) is 0.529. The molecule has 0 amide bonds. The first-order valence-corrected chi connectivity index (χ1v) is 6.35. The van der Waals surface area contributed by atoms with Crippen LogP contribution in [0.15, 0.2) is 42.5 Å². The van der Waals surface area contributed by atoms with Crippen LogP contribution in [0.25, 0.3) is 0 Å². The van der Waals surface area contributed by atoms with Crippen molar-refractivity contribution >= 4 is 5.69 Å². The van der Waals surface area contributed by atoms with Gasteiger partial charge in [-0.2, -0.15) is 0 Å². The highest BCUT2D eigenvalue weighted by atomic mass is 16.6. The number of hydrogen-bond donors (Lipinski definition) is 2. The molecular weight excluding hydrogens is 274 g/mol. The van der Waals surface area contributed by atoms with Crippen molar-refractivity contribution in [3.63, 3.8) is 0 Å². The van der Waals surface area contributed by atoms with Crippen molar-refractivity contribution in [2.75, 3.05) is 0 Å². The summed E-state index contributed by atoms with van der Waals surface area (Å²) in [6.07, 6.45) is -0.790. The SMILES string of the molecule is CC(O)c1ccc(Oc2ccc(CO)cc2)c([N+](=O)[O-])c1. The lowest BCUT2D eigenvalue weighted by Gasteiger charge is -2.09. The molecule has 0 spiro atoms. The van der Waals surface area contributed by atoms with Gasteiger partial charge in [0, 0.05) is 6.07 Å². The Labute approximate surface area is 121 Å². The first-order valence-electron chi connectivity index (χ1n) is 6.35. The summed E-state index contributed by atoms with van der Waals surface area (Å²) in [5.41, 5.74) is 0.964. The number of nitrogens with zero attached hydrogens (tertiary/aromatic N) is 1. The van der Waals surface area contributed by atoms with Gasteiger partial charge in [-0.15, -0.1) is 0 Å². The lowest BCUT2D eigenvalue weighted by molar-refractivity contribution is -0.385. The van der Waals surface area contributed by atoms with Gasteiger partial charge in [-0.3, -0.25) is 10.1 Å². The van der Waals surface area contributed by atoms with Crippen molar-refractivity contribution in [3.8, 4) is 11.5 Å². The summed E-state index contributed by atoms with van der Waals surface area (Å²) < 4.78 is 5.50. The quantitative estimate of drug-likeness (QED) is 0.652. The number of rotatable bonds is 5. The zero-order valence-electron chi connectivity index (χ0n) is 11.4. The van der Waals surface area contributed by atoms with Gasteiger partial charge in [0.05, 0.1) is 17.6 Å². The van der Waals surface area contributed by atoms with E-state index in [-0.39, 0.29) is 18.0 Å². The molecule has 0 radical (unpaired) electrons. The monoisotopic (exact) mass is 289 g/mol. The molecule has 6 heteroatoms. The molecule has 0 saturated heterocycles. The Kier molecular flexibility index (Phi) is 4.52. The Hall–Kier alpha value is -2.44. The van der Waals surface area contributed by atoms with Gasteiger partial charge in [-0.1, -0.05) is 18.2 Å². The Bertz CT molecular complexity index is 637. The lowest BCUT2D eigenvalue weighted by atomic mass is 10.1. The summed E-state index contributed by atoms with van der Waals surface area (Å²) in [4.78, 5) is 10.5. The van der Waals surface area contributed by atoms with Gasteiger partial charge in [0.2, 0.25) is 5.75 Å². The van der Waals surface area contributed by atoms with Crippen LogP contribution in [-0.4, -0.2) is 15.1 Å². The molecule has 2 N–H and O–H groups in total. The van der Waals surface area contributed by atoms with E-state index in [0.29, 0.717) is 11.3 Å². The van der Waals surface area contributed by atoms with Crippen LogP contribution < -0.4 is 4.74 Å². The third-order valence-electron chi connectivity index (χ3n) is 3.00. The Balaban J connectivity index is 2.31. The molecule has 1 atom stereocenters. The van der Waals surface area contributed by atoms with Crippen molar-refractivity contribution in [2.45, 2.75) is 19.6 Å². The van der Waals surface area contributed by atoms with Gasteiger partial charge in [0.15, 0.2) is 0 Å². The minimum Gasteiger partial charge on any atom is -0.450 e. The summed E-state index contributed by atoms with van der Waals surface area (Å²) in [7, 11) is 0. The number of aliphatic hydroxyl groups is 2. The van der Waals surface area contributed by atoms with E-state index in [1.54, 1.807) is 30.3 Å². The predicted octanol–water partition coefficient (Wildman–Crippen LogP) is 2.93. The Morgan fingerprint density at radius 2 is 1.90 bits per heavy atom. The maximum absolute atomic E-state index is 11.1. The molecule has 0 bridgehead atoms. The van der Waals surface area contributed by atoms with Gasteiger partial charge < -0.3 is 14.9 Å². The summed E-state index contributed by atoms with van der Waals surface area (Å²) in [6.45, 7) is 1.46. The van der Waals surface area contributed by atoms with E-state index < -0.39 is 11.0 Å². The van der Waals surface area contributed by atoms with Crippen LogP contribution in [-0.2, 0) is 6.61 Å². The second-order valence-electron chi connectivity index (χ2n) is 4.56. The number of ether oxygens (including phenoxy) is 1. The minimum absolute atomic E-state index is 0.0798. The highest BCUT2D eigenvalue weighted by Gasteiger charge is 2.18. The maximum atomic E-state index is 11.1. The molecule has 0 aliphatic carbocycles. The van der Waals surface area contributed by atoms with E-state index in [4.69, 9.17) is 9.84 Å². The number of nitro groups is 1. The zero-order valence-corrected chi connectivity index (χ0v) is 11.4. The Morgan fingerprint density at radius 3 is 2.43 bits per heavy atom. The molecule has 2 aromatic rings. The fourth-order valence-corrected chi connectivity index (χ4v) is 1.81. The molecule has 0 saturated carbocycles. The maximum Gasteiger partial charge on any atom is 0.311 e. The fourth-order valence-electron chi connectivity index (χ4n) is 1.81. The third kappa shape index (κ3) is 3.56. The summed E-state index contributed by atoms with van der Waals surface area (Å²) in [6, 6.07) is 10.9. The first-order chi connectivity index (χ1) is 10.0. The van der Waals surface area contributed by atoms with E-state index in [1.807, 2.05) is 0 Å². The predicted molar refractivity (Wildman–Crippen MR) is 76.2 cm³/mol. The molecule has 6 nitrogen and oxygen atoms in total. The molecule has 2 aromatic carbocycles. The molecule has 21 heavy (non-hydrogen) atoms. The molecule has 0 aliphatic rings. The standard InChI is InChI=1S/C15H15NO5/c1-10(18)12-4-7-15(14(8-12)16(19)20)21-13-5-2-11(9-17)3-6-13/h2-8,10,17-18H,9H2,1H3. The lowest BCUT2D eigenvalue weighted by Crippen LogP contribution is -1.97. The van der Waals surface area contributed by atoms with E-state index in [1.165, 1.54) is 19.1 Å². The summed E-state index contributed by atoms with van der Waals surface area (Å²) >= 11 is 0. The van der Waals surface area contributed by atoms with Crippen LogP contribution in [0.3, 0.4) is 0 Å². The second kappa shape index (κ2) is 6.34. The van der Waals surface area contributed by atoms with Crippen molar-refractivity contribution in [2.24, 2.45) is 0 Å².